The Morgan fingerprint density at radius 1 is 0.821 bits per heavy atom. The lowest BCUT2D eigenvalue weighted by Crippen LogP contribution is -2.14. The molecule has 2 aromatic carbocycles. The first-order valence-corrected chi connectivity index (χ1v) is 7.89. The van der Waals surface area contributed by atoms with Gasteiger partial charge in [-0.05, 0) is 48.5 Å². The number of halogens is 5. The predicted molar refractivity (Wildman–Crippen MR) is 93.3 cm³/mol. The Morgan fingerprint density at radius 2 is 1.46 bits per heavy atom. The van der Waals surface area contributed by atoms with Gasteiger partial charge in [0.1, 0.15) is 5.69 Å². The Labute approximate surface area is 156 Å². The van der Waals surface area contributed by atoms with Crippen molar-refractivity contribution in [3.05, 3.63) is 83.7 Å². The van der Waals surface area contributed by atoms with Gasteiger partial charge >= 0.3 is 6.18 Å². The van der Waals surface area contributed by atoms with Crippen LogP contribution in [0, 0.1) is 11.6 Å². The standard InChI is InChI=1S/C19H12F5N3O/c20-15-6-5-13(9-16(15)21)26-14-7-8-25-17(10-14)18(28)27-12-3-1-11(2-4-12)19(22,23)24/h1-10H,(H,25,26)(H,27,28). The van der Waals surface area contributed by atoms with Gasteiger partial charge in [-0.25, -0.2) is 8.78 Å². The van der Waals surface area contributed by atoms with E-state index in [0.29, 0.717) is 5.69 Å². The molecule has 1 heterocycles. The average Bonchev–Trinajstić information content (AvgIpc) is 2.65. The van der Waals surface area contributed by atoms with Gasteiger partial charge in [-0.15, -0.1) is 0 Å². The van der Waals surface area contributed by atoms with Crippen molar-refractivity contribution in [1.82, 2.24) is 4.98 Å². The van der Waals surface area contributed by atoms with E-state index >= 15 is 0 Å². The molecule has 28 heavy (non-hydrogen) atoms. The van der Waals surface area contributed by atoms with E-state index in [2.05, 4.69) is 15.6 Å². The fourth-order valence-electron chi connectivity index (χ4n) is 2.31. The number of carbonyl (C=O) groups is 1. The quantitative estimate of drug-likeness (QED) is 0.586. The van der Waals surface area contributed by atoms with Gasteiger partial charge < -0.3 is 10.6 Å². The molecule has 1 amide bonds. The number of pyridine rings is 1. The maximum absolute atomic E-state index is 13.3. The number of alkyl halides is 3. The molecule has 0 bridgehead atoms. The van der Waals surface area contributed by atoms with Crippen LogP contribution in [0.3, 0.4) is 0 Å². The molecule has 0 aliphatic rings. The molecule has 0 radical (unpaired) electrons. The van der Waals surface area contributed by atoms with E-state index in [9.17, 15) is 26.7 Å². The highest BCUT2D eigenvalue weighted by Crippen LogP contribution is 2.30. The number of benzene rings is 2. The maximum atomic E-state index is 13.3. The van der Waals surface area contributed by atoms with E-state index in [4.69, 9.17) is 0 Å². The molecule has 0 fully saturated rings. The summed E-state index contributed by atoms with van der Waals surface area (Å²) in [6.07, 6.45) is -3.15. The van der Waals surface area contributed by atoms with E-state index in [1.807, 2.05) is 0 Å². The molecule has 0 spiro atoms. The highest BCUT2D eigenvalue weighted by Gasteiger charge is 2.30. The van der Waals surface area contributed by atoms with Gasteiger partial charge in [-0.3, -0.25) is 9.78 Å². The Kier molecular flexibility index (Phi) is 5.25. The highest BCUT2D eigenvalue weighted by molar-refractivity contribution is 6.03. The second-order valence-corrected chi connectivity index (χ2v) is 5.71. The van der Waals surface area contributed by atoms with Crippen molar-refractivity contribution in [2.24, 2.45) is 0 Å². The van der Waals surface area contributed by atoms with Gasteiger partial charge in [0.2, 0.25) is 0 Å². The molecule has 9 heteroatoms. The molecule has 2 N–H and O–H groups in total. The molecule has 144 valence electrons. The van der Waals surface area contributed by atoms with Crippen LogP contribution in [0.5, 0.6) is 0 Å². The van der Waals surface area contributed by atoms with E-state index in [1.54, 1.807) is 0 Å². The summed E-state index contributed by atoms with van der Waals surface area (Å²) in [5.74, 6) is -2.66. The Hall–Kier alpha value is -3.49. The summed E-state index contributed by atoms with van der Waals surface area (Å²) in [4.78, 5) is 16.2. The zero-order valence-electron chi connectivity index (χ0n) is 14.0. The molecule has 0 atom stereocenters. The van der Waals surface area contributed by atoms with Gasteiger partial charge in [0.25, 0.3) is 5.91 Å². The first-order chi connectivity index (χ1) is 13.2. The van der Waals surface area contributed by atoms with Crippen molar-refractivity contribution in [3.8, 4) is 0 Å². The zero-order chi connectivity index (χ0) is 20.3. The normalized spacial score (nSPS) is 11.2. The lowest BCUT2D eigenvalue weighted by Gasteiger charge is -2.10. The van der Waals surface area contributed by atoms with Crippen molar-refractivity contribution >= 4 is 23.0 Å². The first-order valence-electron chi connectivity index (χ1n) is 7.89. The van der Waals surface area contributed by atoms with Crippen LogP contribution in [0.1, 0.15) is 16.1 Å². The van der Waals surface area contributed by atoms with Crippen molar-refractivity contribution in [3.63, 3.8) is 0 Å². The summed E-state index contributed by atoms with van der Waals surface area (Å²) in [6.45, 7) is 0. The molecular weight excluding hydrogens is 381 g/mol. The number of anilines is 3. The third-order valence-corrected chi connectivity index (χ3v) is 3.67. The number of hydrogen-bond acceptors (Lipinski definition) is 3. The van der Waals surface area contributed by atoms with Crippen LogP contribution >= 0.6 is 0 Å². The van der Waals surface area contributed by atoms with Crippen LogP contribution in [0.2, 0.25) is 0 Å². The van der Waals surface area contributed by atoms with E-state index in [-0.39, 0.29) is 17.1 Å². The van der Waals surface area contributed by atoms with E-state index < -0.39 is 29.3 Å². The van der Waals surface area contributed by atoms with Crippen LogP contribution in [-0.2, 0) is 6.18 Å². The largest absolute Gasteiger partial charge is 0.416 e. The lowest BCUT2D eigenvalue weighted by atomic mass is 10.2. The van der Waals surface area contributed by atoms with Crippen LogP contribution in [0.4, 0.5) is 39.0 Å². The number of carbonyl (C=O) groups excluding carboxylic acids is 1. The number of aromatic nitrogens is 1. The van der Waals surface area contributed by atoms with E-state index in [0.717, 1.165) is 36.4 Å². The molecular formula is C19H12F5N3O. The fraction of sp³-hybridized carbons (Fsp3) is 0.0526. The van der Waals surface area contributed by atoms with Crippen LogP contribution in [0.25, 0.3) is 0 Å². The van der Waals surface area contributed by atoms with Crippen molar-refractivity contribution in [2.75, 3.05) is 10.6 Å². The van der Waals surface area contributed by atoms with Gasteiger partial charge in [0, 0.05) is 29.3 Å². The first kappa shape index (κ1) is 19.3. The van der Waals surface area contributed by atoms with Crippen LogP contribution in [-0.4, -0.2) is 10.9 Å². The van der Waals surface area contributed by atoms with Crippen molar-refractivity contribution in [2.45, 2.75) is 6.18 Å². The molecule has 1 aromatic heterocycles. The Bertz CT molecular complexity index is 1000. The second-order valence-electron chi connectivity index (χ2n) is 5.71. The van der Waals surface area contributed by atoms with Gasteiger partial charge in [-0.2, -0.15) is 13.2 Å². The molecule has 4 nitrogen and oxygen atoms in total. The summed E-state index contributed by atoms with van der Waals surface area (Å²) in [5, 5.41) is 5.24. The number of rotatable bonds is 4. The molecule has 3 aromatic rings. The number of nitrogens with zero attached hydrogens (tertiary/aromatic N) is 1. The van der Waals surface area contributed by atoms with Gasteiger partial charge in [0.05, 0.1) is 5.56 Å². The summed E-state index contributed by atoms with van der Waals surface area (Å²) < 4.78 is 64.0. The Morgan fingerprint density at radius 3 is 2.11 bits per heavy atom. The maximum Gasteiger partial charge on any atom is 0.416 e. The minimum Gasteiger partial charge on any atom is -0.355 e. The van der Waals surface area contributed by atoms with Gasteiger partial charge in [-0.1, -0.05) is 0 Å². The van der Waals surface area contributed by atoms with E-state index in [1.165, 1.54) is 24.4 Å². The summed E-state index contributed by atoms with van der Waals surface area (Å²) in [6, 6.07) is 10.1. The SMILES string of the molecule is O=C(Nc1ccc(C(F)(F)F)cc1)c1cc(Nc2ccc(F)c(F)c2)ccn1. The molecule has 0 saturated carbocycles. The summed E-state index contributed by atoms with van der Waals surface area (Å²) in [5.41, 5.74) is -0.0367. The number of hydrogen-bond donors (Lipinski definition) is 2. The molecule has 0 unspecified atom stereocenters. The monoisotopic (exact) mass is 393 g/mol. The van der Waals surface area contributed by atoms with Crippen LogP contribution in [0.15, 0.2) is 60.8 Å². The average molecular weight is 393 g/mol. The predicted octanol–water partition coefficient (Wildman–Crippen LogP) is 5.37. The summed E-state index contributed by atoms with van der Waals surface area (Å²) >= 11 is 0. The third kappa shape index (κ3) is 4.61. The minimum absolute atomic E-state index is 0.0209. The van der Waals surface area contributed by atoms with Gasteiger partial charge in [0.15, 0.2) is 11.6 Å². The smallest absolute Gasteiger partial charge is 0.355 e. The Balaban J connectivity index is 1.72. The number of nitrogens with one attached hydrogen (secondary N) is 2. The third-order valence-electron chi connectivity index (χ3n) is 3.67. The second kappa shape index (κ2) is 7.63. The zero-order valence-corrected chi connectivity index (χ0v) is 14.0. The molecule has 0 saturated heterocycles. The van der Waals surface area contributed by atoms with Crippen molar-refractivity contribution < 1.29 is 26.7 Å². The summed E-state index contributed by atoms with van der Waals surface area (Å²) in [7, 11) is 0. The van der Waals surface area contributed by atoms with Crippen LogP contribution < -0.4 is 10.6 Å². The molecule has 0 aliphatic heterocycles. The lowest BCUT2D eigenvalue weighted by molar-refractivity contribution is -0.137. The number of amides is 1. The topological polar surface area (TPSA) is 54.0 Å². The minimum atomic E-state index is -4.47. The molecule has 3 rings (SSSR count). The highest BCUT2D eigenvalue weighted by atomic mass is 19.4. The fourth-order valence-corrected chi connectivity index (χ4v) is 2.31. The van der Waals surface area contributed by atoms with Crippen molar-refractivity contribution in [1.29, 1.82) is 0 Å². The molecule has 0 aliphatic carbocycles.